The van der Waals surface area contributed by atoms with E-state index in [0.29, 0.717) is 5.56 Å². The van der Waals surface area contributed by atoms with Crippen LogP contribution in [0.3, 0.4) is 0 Å². The van der Waals surface area contributed by atoms with Gasteiger partial charge in [-0.1, -0.05) is 18.2 Å². The second-order valence-electron chi connectivity index (χ2n) is 2.76. The zero-order valence-electron chi connectivity index (χ0n) is 6.70. The number of para-hydroxylation sites is 1. The number of fused-ring (bicyclic) bond motifs is 1. The fraction of sp³-hybridized carbons (Fsp3) is 0.100. The lowest BCUT2D eigenvalue weighted by Crippen LogP contribution is -1.75. The van der Waals surface area contributed by atoms with Crippen LogP contribution in [0, 0.1) is 6.92 Å². The van der Waals surface area contributed by atoms with E-state index in [4.69, 9.17) is 4.42 Å². The van der Waals surface area contributed by atoms with Crippen LogP contribution < -0.4 is 0 Å². The molecule has 2 rings (SSSR count). The Kier molecular flexibility index (Phi) is 1.47. The fourth-order valence-electron chi connectivity index (χ4n) is 1.31. The van der Waals surface area contributed by atoms with Crippen molar-refractivity contribution in [1.29, 1.82) is 0 Å². The summed E-state index contributed by atoms with van der Waals surface area (Å²) in [4.78, 5) is 10.5. The molecular formula is C10H8O2. The number of benzene rings is 1. The van der Waals surface area contributed by atoms with Crippen LogP contribution in [0.2, 0.25) is 0 Å². The fourth-order valence-corrected chi connectivity index (χ4v) is 1.31. The first-order chi connectivity index (χ1) is 5.83. The molecule has 0 aliphatic rings. The summed E-state index contributed by atoms with van der Waals surface area (Å²) in [5, 5.41) is 0.894. The number of carbonyl (C=O) groups excluding carboxylic acids is 1. The Labute approximate surface area is 69.8 Å². The van der Waals surface area contributed by atoms with Crippen LogP contribution in [0.5, 0.6) is 0 Å². The summed E-state index contributed by atoms with van der Waals surface area (Å²) in [6.45, 7) is 1.96. The highest BCUT2D eigenvalue weighted by Crippen LogP contribution is 2.22. The summed E-state index contributed by atoms with van der Waals surface area (Å²) in [5.74, 6) is 0. The van der Waals surface area contributed by atoms with E-state index in [1.165, 1.54) is 6.26 Å². The van der Waals surface area contributed by atoms with Gasteiger partial charge in [0.05, 0.1) is 5.56 Å². The SMILES string of the molecule is Cc1cccc2c(C=O)coc12. The molecule has 0 aliphatic heterocycles. The molecule has 0 amide bonds. The summed E-state index contributed by atoms with van der Waals surface area (Å²) < 4.78 is 5.24. The predicted octanol–water partition coefficient (Wildman–Crippen LogP) is 2.55. The van der Waals surface area contributed by atoms with E-state index in [-0.39, 0.29) is 0 Å². The minimum atomic E-state index is 0.619. The molecule has 0 spiro atoms. The third-order valence-corrected chi connectivity index (χ3v) is 1.95. The highest BCUT2D eigenvalue weighted by molar-refractivity contribution is 5.96. The van der Waals surface area contributed by atoms with Crippen LogP contribution in [-0.4, -0.2) is 6.29 Å². The van der Waals surface area contributed by atoms with Gasteiger partial charge in [0, 0.05) is 5.39 Å². The van der Waals surface area contributed by atoms with Crippen molar-refractivity contribution in [2.24, 2.45) is 0 Å². The summed E-state index contributed by atoms with van der Waals surface area (Å²) in [6, 6.07) is 5.76. The van der Waals surface area contributed by atoms with E-state index in [1.54, 1.807) is 0 Å². The molecule has 0 fully saturated rings. The van der Waals surface area contributed by atoms with Crippen LogP contribution in [-0.2, 0) is 0 Å². The molecule has 0 radical (unpaired) electrons. The Hall–Kier alpha value is -1.57. The lowest BCUT2D eigenvalue weighted by molar-refractivity contribution is 0.112. The predicted molar refractivity (Wildman–Crippen MR) is 46.3 cm³/mol. The van der Waals surface area contributed by atoms with Crippen LogP contribution in [0.15, 0.2) is 28.9 Å². The molecule has 1 aromatic heterocycles. The third-order valence-electron chi connectivity index (χ3n) is 1.95. The molecule has 0 saturated heterocycles. The number of furan rings is 1. The average Bonchev–Trinajstić information content (AvgIpc) is 2.49. The number of aldehydes is 1. The summed E-state index contributed by atoms with van der Waals surface area (Å²) in [5.41, 5.74) is 2.48. The number of rotatable bonds is 1. The van der Waals surface area contributed by atoms with E-state index >= 15 is 0 Å². The van der Waals surface area contributed by atoms with Crippen molar-refractivity contribution in [3.05, 3.63) is 35.6 Å². The van der Waals surface area contributed by atoms with Gasteiger partial charge in [-0.15, -0.1) is 0 Å². The van der Waals surface area contributed by atoms with Gasteiger partial charge in [-0.05, 0) is 12.5 Å². The number of aryl methyl sites for hydroxylation is 1. The third kappa shape index (κ3) is 0.848. The lowest BCUT2D eigenvalue weighted by atomic mass is 10.1. The van der Waals surface area contributed by atoms with E-state index < -0.39 is 0 Å². The minimum Gasteiger partial charge on any atom is -0.463 e. The normalized spacial score (nSPS) is 10.4. The molecule has 2 heteroatoms. The highest BCUT2D eigenvalue weighted by Gasteiger charge is 2.05. The zero-order chi connectivity index (χ0) is 8.55. The van der Waals surface area contributed by atoms with Gasteiger partial charge in [-0.2, -0.15) is 0 Å². The van der Waals surface area contributed by atoms with Crippen molar-refractivity contribution in [2.45, 2.75) is 6.92 Å². The van der Waals surface area contributed by atoms with Crippen molar-refractivity contribution >= 4 is 17.3 Å². The molecule has 0 aliphatic carbocycles. The van der Waals surface area contributed by atoms with Crippen molar-refractivity contribution in [3.63, 3.8) is 0 Å². The van der Waals surface area contributed by atoms with Crippen LogP contribution in [0.1, 0.15) is 15.9 Å². The van der Waals surface area contributed by atoms with Gasteiger partial charge in [0.25, 0.3) is 0 Å². The second-order valence-corrected chi connectivity index (χ2v) is 2.76. The van der Waals surface area contributed by atoms with E-state index in [9.17, 15) is 4.79 Å². The zero-order valence-corrected chi connectivity index (χ0v) is 6.70. The van der Waals surface area contributed by atoms with Gasteiger partial charge in [-0.3, -0.25) is 4.79 Å². The Morgan fingerprint density at radius 1 is 1.42 bits per heavy atom. The standard InChI is InChI=1S/C10H8O2/c1-7-3-2-4-9-8(5-11)6-12-10(7)9/h2-6H,1H3. The molecule has 0 atom stereocenters. The molecule has 0 unspecified atom stereocenters. The Bertz CT molecular complexity index is 426. The second kappa shape index (κ2) is 2.48. The topological polar surface area (TPSA) is 30.2 Å². The monoisotopic (exact) mass is 160 g/mol. The molecule has 0 bridgehead atoms. The highest BCUT2D eigenvalue weighted by atomic mass is 16.3. The Morgan fingerprint density at radius 2 is 2.25 bits per heavy atom. The molecule has 0 saturated carbocycles. The first-order valence-corrected chi connectivity index (χ1v) is 3.75. The van der Waals surface area contributed by atoms with Crippen molar-refractivity contribution in [3.8, 4) is 0 Å². The lowest BCUT2D eigenvalue weighted by Gasteiger charge is -1.91. The molecule has 12 heavy (non-hydrogen) atoms. The largest absolute Gasteiger partial charge is 0.463 e. The summed E-state index contributed by atoms with van der Waals surface area (Å²) in [7, 11) is 0. The summed E-state index contributed by atoms with van der Waals surface area (Å²) in [6.07, 6.45) is 2.30. The molecule has 60 valence electrons. The average molecular weight is 160 g/mol. The van der Waals surface area contributed by atoms with Crippen LogP contribution in [0.4, 0.5) is 0 Å². The minimum absolute atomic E-state index is 0.619. The summed E-state index contributed by atoms with van der Waals surface area (Å²) >= 11 is 0. The van der Waals surface area contributed by atoms with Gasteiger partial charge in [0.2, 0.25) is 0 Å². The molecule has 0 N–H and O–H groups in total. The van der Waals surface area contributed by atoms with Gasteiger partial charge in [-0.25, -0.2) is 0 Å². The maximum absolute atomic E-state index is 10.5. The molecule has 2 aromatic rings. The van der Waals surface area contributed by atoms with Crippen LogP contribution >= 0.6 is 0 Å². The first kappa shape index (κ1) is 7.10. The van der Waals surface area contributed by atoms with E-state index in [2.05, 4.69) is 0 Å². The number of carbonyl (C=O) groups is 1. The van der Waals surface area contributed by atoms with E-state index in [1.807, 2.05) is 25.1 Å². The smallest absolute Gasteiger partial charge is 0.153 e. The van der Waals surface area contributed by atoms with Gasteiger partial charge < -0.3 is 4.42 Å². The Morgan fingerprint density at radius 3 is 3.00 bits per heavy atom. The quantitative estimate of drug-likeness (QED) is 0.600. The van der Waals surface area contributed by atoms with Crippen LogP contribution in [0.25, 0.3) is 11.0 Å². The molecule has 1 heterocycles. The van der Waals surface area contributed by atoms with Crippen molar-refractivity contribution < 1.29 is 9.21 Å². The molecule has 1 aromatic carbocycles. The Balaban J connectivity index is 2.88. The van der Waals surface area contributed by atoms with E-state index in [0.717, 1.165) is 22.8 Å². The first-order valence-electron chi connectivity index (χ1n) is 3.75. The van der Waals surface area contributed by atoms with Crippen molar-refractivity contribution in [1.82, 2.24) is 0 Å². The maximum atomic E-state index is 10.5. The molecular weight excluding hydrogens is 152 g/mol. The van der Waals surface area contributed by atoms with Crippen molar-refractivity contribution in [2.75, 3.05) is 0 Å². The van der Waals surface area contributed by atoms with Gasteiger partial charge in [0.1, 0.15) is 11.8 Å². The number of hydrogen-bond acceptors (Lipinski definition) is 2. The number of hydrogen-bond donors (Lipinski definition) is 0. The maximum Gasteiger partial charge on any atom is 0.153 e. The van der Waals surface area contributed by atoms with Gasteiger partial charge in [0.15, 0.2) is 6.29 Å². The van der Waals surface area contributed by atoms with Gasteiger partial charge >= 0.3 is 0 Å². The molecule has 2 nitrogen and oxygen atoms in total.